The number of likely N-dealkylation sites (tertiary alicyclic amines) is 1. The van der Waals surface area contributed by atoms with Crippen LogP contribution in [-0.2, 0) is 4.74 Å². The average Bonchev–Trinajstić information content (AvgIpc) is 2.61. The number of hydrogen-bond donors (Lipinski definition) is 3. The standard InChI is InChI=1S/C20H30FN3O5/c1-20(2,3)29-19(27)22-12-15(23-18(25)26)13-24-10-8-17(9-11-24)28-16-6-4-14(21)5-7-16/h4-7,15,17,23H,8-13H2,1-3H3,(H,22,27)(H,25,26)/t15-/m1/s1. The Morgan fingerprint density at radius 1 is 1.24 bits per heavy atom. The first-order chi connectivity index (χ1) is 13.6. The fourth-order valence-corrected chi connectivity index (χ4v) is 3.08. The molecule has 2 amide bonds. The predicted molar refractivity (Wildman–Crippen MR) is 106 cm³/mol. The number of carboxylic acid groups (broad SMARTS) is 1. The van der Waals surface area contributed by atoms with Gasteiger partial charge in [0.1, 0.15) is 23.3 Å². The van der Waals surface area contributed by atoms with Crippen LogP contribution in [0.3, 0.4) is 0 Å². The van der Waals surface area contributed by atoms with Gasteiger partial charge >= 0.3 is 12.2 Å². The number of carbonyl (C=O) groups excluding carboxylic acids is 1. The normalized spacial score (nSPS) is 16.7. The molecule has 1 aliphatic heterocycles. The van der Waals surface area contributed by atoms with E-state index in [0.717, 1.165) is 25.9 Å². The number of benzene rings is 1. The van der Waals surface area contributed by atoms with Gasteiger partial charge in [-0.2, -0.15) is 0 Å². The van der Waals surface area contributed by atoms with Gasteiger partial charge in [0, 0.05) is 26.2 Å². The molecule has 0 bridgehead atoms. The van der Waals surface area contributed by atoms with Crippen molar-refractivity contribution < 1.29 is 28.6 Å². The third-order valence-electron chi connectivity index (χ3n) is 4.35. The first kappa shape index (κ1) is 22.7. The first-order valence-corrected chi connectivity index (χ1v) is 9.71. The van der Waals surface area contributed by atoms with E-state index >= 15 is 0 Å². The van der Waals surface area contributed by atoms with E-state index in [1.807, 2.05) is 0 Å². The summed E-state index contributed by atoms with van der Waals surface area (Å²) in [6.07, 6.45) is -0.146. The third kappa shape index (κ3) is 8.99. The largest absolute Gasteiger partial charge is 0.490 e. The topological polar surface area (TPSA) is 100 Å². The minimum atomic E-state index is -1.14. The highest BCUT2D eigenvalue weighted by Gasteiger charge is 2.24. The maximum absolute atomic E-state index is 13.0. The average molecular weight is 411 g/mol. The fourth-order valence-electron chi connectivity index (χ4n) is 3.08. The lowest BCUT2D eigenvalue weighted by atomic mass is 10.1. The Balaban J connectivity index is 1.78. The van der Waals surface area contributed by atoms with Gasteiger partial charge < -0.3 is 30.1 Å². The molecule has 0 aromatic heterocycles. The van der Waals surface area contributed by atoms with Crippen molar-refractivity contribution in [3.63, 3.8) is 0 Å². The van der Waals surface area contributed by atoms with Crippen LogP contribution < -0.4 is 15.4 Å². The minimum absolute atomic E-state index is 0.0301. The molecule has 0 aliphatic carbocycles. The van der Waals surface area contributed by atoms with Gasteiger partial charge in [-0.1, -0.05) is 0 Å². The van der Waals surface area contributed by atoms with Crippen molar-refractivity contribution in [2.75, 3.05) is 26.2 Å². The van der Waals surface area contributed by atoms with Gasteiger partial charge in [-0.15, -0.1) is 0 Å². The van der Waals surface area contributed by atoms with E-state index < -0.39 is 23.8 Å². The summed E-state index contributed by atoms with van der Waals surface area (Å²) in [5.74, 6) is 0.334. The quantitative estimate of drug-likeness (QED) is 0.638. The van der Waals surface area contributed by atoms with E-state index in [1.165, 1.54) is 12.1 Å². The monoisotopic (exact) mass is 411 g/mol. The zero-order valence-electron chi connectivity index (χ0n) is 17.1. The Kier molecular flexibility index (Phi) is 8.07. The molecule has 1 atom stereocenters. The molecule has 8 nitrogen and oxygen atoms in total. The number of piperidine rings is 1. The molecular weight excluding hydrogens is 381 g/mol. The molecule has 3 N–H and O–H groups in total. The molecule has 1 fully saturated rings. The van der Waals surface area contributed by atoms with Crippen molar-refractivity contribution >= 4 is 12.2 Å². The van der Waals surface area contributed by atoms with Crippen LogP contribution in [0.15, 0.2) is 24.3 Å². The maximum Gasteiger partial charge on any atom is 0.407 e. The summed E-state index contributed by atoms with van der Waals surface area (Å²) in [5.41, 5.74) is -0.619. The molecule has 1 heterocycles. The van der Waals surface area contributed by atoms with Crippen molar-refractivity contribution in [3.05, 3.63) is 30.1 Å². The van der Waals surface area contributed by atoms with Gasteiger partial charge in [-0.05, 0) is 57.9 Å². The van der Waals surface area contributed by atoms with Crippen molar-refractivity contribution in [2.24, 2.45) is 0 Å². The molecule has 162 valence electrons. The summed E-state index contributed by atoms with van der Waals surface area (Å²) < 4.78 is 24.0. The number of carbonyl (C=O) groups is 2. The molecule has 2 rings (SSSR count). The van der Waals surface area contributed by atoms with Gasteiger partial charge in [0.25, 0.3) is 0 Å². The van der Waals surface area contributed by atoms with Gasteiger partial charge in [-0.25, -0.2) is 14.0 Å². The van der Waals surface area contributed by atoms with Crippen LogP contribution in [0.5, 0.6) is 5.75 Å². The Labute approximate surface area is 170 Å². The van der Waals surface area contributed by atoms with Crippen molar-refractivity contribution in [2.45, 2.75) is 51.4 Å². The van der Waals surface area contributed by atoms with Crippen LogP contribution in [-0.4, -0.2) is 66.1 Å². The second kappa shape index (κ2) is 10.3. The van der Waals surface area contributed by atoms with E-state index in [2.05, 4.69) is 15.5 Å². The molecule has 0 saturated carbocycles. The summed E-state index contributed by atoms with van der Waals surface area (Å²) in [7, 11) is 0. The Bertz CT molecular complexity index is 670. The third-order valence-corrected chi connectivity index (χ3v) is 4.35. The van der Waals surface area contributed by atoms with Gasteiger partial charge in [0.2, 0.25) is 0 Å². The fraction of sp³-hybridized carbons (Fsp3) is 0.600. The molecule has 1 aromatic rings. The number of hydrogen-bond acceptors (Lipinski definition) is 5. The lowest BCUT2D eigenvalue weighted by Gasteiger charge is -2.34. The summed E-state index contributed by atoms with van der Waals surface area (Å²) in [6, 6.07) is 5.48. The molecule has 0 radical (unpaired) electrons. The van der Waals surface area contributed by atoms with E-state index in [1.54, 1.807) is 32.9 Å². The van der Waals surface area contributed by atoms with E-state index in [4.69, 9.17) is 14.6 Å². The summed E-state index contributed by atoms with van der Waals surface area (Å²) >= 11 is 0. The zero-order valence-corrected chi connectivity index (χ0v) is 17.1. The molecule has 1 aromatic carbocycles. The van der Waals surface area contributed by atoms with E-state index in [0.29, 0.717) is 12.3 Å². The maximum atomic E-state index is 13.0. The molecule has 0 spiro atoms. The van der Waals surface area contributed by atoms with Crippen LogP contribution in [0, 0.1) is 5.82 Å². The van der Waals surface area contributed by atoms with Crippen LogP contribution >= 0.6 is 0 Å². The molecule has 0 unspecified atom stereocenters. The predicted octanol–water partition coefficient (Wildman–Crippen LogP) is 2.83. The van der Waals surface area contributed by atoms with E-state index in [-0.39, 0.29) is 18.5 Å². The second-order valence-corrected chi connectivity index (χ2v) is 8.10. The second-order valence-electron chi connectivity index (χ2n) is 8.10. The van der Waals surface area contributed by atoms with Crippen LogP contribution in [0.25, 0.3) is 0 Å². The van der Waals surface area contributed by atoms with Gasteiger partial charge in [-0.3, -0.25) is 0 Å². The highest BCUT2D eigenvalue weighted by atomic mass is 19.1. The van der Waals surface area contributed by atoms with Crippen LogP contribution in [0.2, 0.25) is 0 Å². The molecule has 9 heteroatoms. The van der Waals surface area contributed by atoms with Crippen LogP contribution in [0.1, 0.15) is 33.6 Å². The molecular formula is C20H30FN3O5. The SMILES string of the molecule is CC(C)(C)OC(=O)NC[C@H](CN1CCC(Oc2ccc(F)cc2)CC1)NC(=O)O. The van der Waals surface area contributed by atoms with Gasteiger partial charge in [0.15, 0.2) is 0 Å². The van der Waals surface area contributed by atoms with Crippen molar-refractivity contribution in [3.8, 4) is 5.75 Å². The Morgan fingerprint density at radius 2 is 1.86 bits per heavy atom. The highest BCUT2D eigenvalue weighted by Crippen LogP contribution is 2.19. The van der Waals surface area contributed by atoms with Crippen molar-refractivity contribution in [1.82, 2.24) is 15.5 Å². The smallest absolute Gasteiger partial charge is 0.407 e. The Morgan fingerprint density at radius 3 is 2.41 bits per heavy atom. The van der Waals surface area contributed by atoms with E-state index in [9.17, 15) is 14.0 Å². The number of halogens is 1. The summed E-state index contributed by atoms with van der Waals surface area (Å²) in [4.78, 5) is 25.0. The summed E-state index contributed by atoms with van der Waals surface area (Å²) in [6.45, 7) is 7.35. The number of alkyl carbamates (subject to hydrolysis) is 1. The molecule has 1 saturated heterocycles. The number of rotatable bonds is 7. The van der Waals surface area contributed by atoms with Crippen molar-refractivity contribution in [1.29, 1.82) is 0 Å². The number of nitrogens with zero attached hydrogens (tertiary/aromatic N) is 1. The Hall–Kier alpha value is -2.55. The van der Waals surface area contributed by atoms with Gasteiger partial charge in [0.05, 0.1) is 6.04 Å². The first-order valence-electron chi connectivity index (χ1n) is 9.71. The summed E-state index contributed by atoms with van der Waals surface area (Å²) in [5, 5.41) is 14.1. The zero-order chi connectivity index (χ0) is 21.4. The molecule has 29 heavy (non-hydrogen) atoms. The lowest BCUT2D eigenvalue weighted by Crippen LogP contribution is -2.52. The lowest BCUT2D eigenvalue weighted by molar-refractivity contribution is 0.0514. The number of amides is 2. The van der Waals surface area contributed by atoms with Crippen LogP contribution in [0.4, 0.5) is 14.0 Å². The highest BCUT2D eigenvalue weighted by molar-refractivity contribution is 5.68. The number of ether oxygens (including phenoxy) is 2. The number of nitrogens with one attached hydrogen (secondary N) is 2. The minimum Gasteiger partial charge on any atom is -0.490 e. The molecule has 1 aliphatic rings.